The van der Waals surface area contributed by atoms with E-state index in [1.165, 1.54) is 0 Å². The molecule has 2 aromatic rings. The standard InChI is InChI=1S/C18H21BrN2O3/c1-12-10-14(23-2)5-6-16(12)21-18(22)20-9-8-13-4-7-17(24-3)15(19)11-13/h4-7,10-11H,8-9H2,1-3H3,(H2,20,21,22). The second-order valence-electron chi connectivity index (χ2n) is 5.28. The lowest BCUT2D eigenvalue weighted by atomic mass is 10.1. The molecule has 128 valence electrons. The van der Waals surface area contributed by atoms with Gasteiger partial charge in [-0.05, 0) is 70.7 Å². The Bertz CT molecular complexity index is 719. The molecular weight excluding hydrogens is 372 g/mol. The van der Waals surface area contributed by atoms with Gasteiger partial charge < -0.3 is 20.1 Å². The number of carbonyl (C=O) groups is 1. The van der Waals surface area contributed by atoms with Crippen molar-refractivity contribution < 1.29 is 14.3 Å². The topological polar surface area (TPSA) is 59.6 Å². The third kappa shape index (κ3) is 4.89. The number of halogens is 1. The molecule has 2 aromatic carbocycles. The van der Waals surface area contributed by atoms with Gasteiger partial charge in [-0.2, -0.15) is 0 Å². The number of rotatable bonds is 6. The van der Waals surface area contributed by atoms with Gasteiger partial charge in [0.05, 0.1) is 18.7 Å². The first-order valence-electron chi connectivity index (χ1n) is 7.55. The van der Waals surface area contributed by atoms with Crippen molar-refractivity contribution in [1.29, 1.82) is 0 Å². The molecule has 0 saturated heterocycles. The molecule has 0 unspecified atom stereocenters. The molecule has 6 heteroatoms. The van der Waals surface area contributed by atoms with E-state index in [0.29, 0.717) is 6.54 Å². The fraction of sp³-hybridized carbons (Fsp3) is 0.278. The molecule has 0 atom stereocenters. The summed E-state index contributed by atoms with van der Waals surface area (Å²) < 4.78 is 11.3. The fourth-order valence-corrected chi connectivity index (χ4v) is 2.84. The Kier molecular flexibility index (Phi) is 6.49. The van der Waals surface area contributed by atoms with Crippen LogP contribution in [0.3, 0.4) is 0 Å². The molecular formula is C18H21BrN2O3. The molecule has 0 heterocycles. The lowest BCUT2D eigenvalue weighted by Crippen LogP contribution is -2.30. The number of carbonyl (C=O) groups excluding carboxylic acids is 1. The van der Waals surface area contributed by atoms with Crippen molar-refractivity contribution in [2.45, 2.75) is 13.3 Å². The van der Waals surface area contributed by atoms with Crippen LogP contribution in [0.5, 0.6) is 11.5 Å². The highest BCUT2D eigenvalue weighted by Crippen LogP contribution is 2.25. The van der Waals surface area contributed by atoms with Crippen LogP contribution in [0, 0.1) is 6.92 Å². The third-order valence-corrected chi connectivity index (χ3v) is 4.22. The van der Waals surface area contributed by atoms with E-state index in [0.717, 1.165) is 39.2 Å². The van der Waals surface area contributed by atoms with E-state index in [-0.39, 0.29) is 6.03 Å². The van der Waals surface area contributed by atoms with Crippen LogP contribution in [0.15, 0.2) is 40.9 Å². The number of methoxy groups -OCH3 is 2. The highest BCUT2D eigenvalue weighted by atomic mass is 79.9. The van der Waals surface area contributed by atoms with E-state index in [4.69, 9.17) is 9.47 Å². The lowest BCUT2D eigenvalue weighted by Gasteiger charge is -2.11. The zero-order valence-electron chi connectivity index (χ0n) is 14.0. The summed E-state index contributed by atoms with van der Waals surface area (Å²) in [4.78, 5) is 12.0. The van der Waals surface area contributed by atoms with Gasteiger partial charge in [0.1, 0.15) is 11.5 Å². The smallest absolute Gasteiger partial charge is 0.319 e. The van der Waals surface area contributed by atoms with Gasteiger partial charge in [-0.3, -0.25) is 0 Å². The predicted octanol–water partition coefficient (Wildman–Crippen LogP) is 4.14. The van der Waals surface area contributed by atoms with Gasteiger partial charge in [-0.25, -0.2) is 4.79 Å². The first kappa shape index (κ1) is 18.1. The molecule has 0 aliphatic rings. The van der Waals surface area contributed by atoms with Crippen LogP contribution in [0.2, 0.25) is 0 Å². The minimum absolute atomic E-state index is 0.226. The molecule has 5 nitrogen and oxygen atoms in total. The Morgan fingerprint density at radius 1 is 1.12 bits per heavy atom. The number of hydrogen-bond acceptors (Lipinski definition) is 3. The van der Waals surface area contributed by atoms with Crippen LogP contribution in [0.25, 0.3) is 0 Å². The SMILES string of the molecule is COc1ccc(NC(=O)NCCc2ccc(OC)c(Br)c2)c(C)c1. The summed E-state index contributed by atoms with van der Waals surface area (Å²) in [5.41, 5.74) is 2.83. The third-order valence-electron chi connectivity index (χ3n) is 3.60. The zero-order valence-corrected chi connectivity index (χ0v) is 15.6. The van der Waals surface area contributed by atoms with Crippen LogP contribution in [-0.4, -0.2) is 26.8 Å². The van der Waals surface area contributed by atoms with E-state index in [9.17, 15) is 4.79 Å². The van der Waals surface area contributed by atoms with Crippen molar-refractivity contribution >= 4 is 27.6 Å². The Balaban J connectivity index is 1.84. The van der Waals surface area contributed by atoms with Gasteiger partial charge in [0.15, 0.2) is 0 Å². The number of aryl methyl sites for hydroxylation is 1. The van der Waals surface area contributed by atoms with E-state index in [2.05, 4.69) is 26.6 Å². The summed E-state index contributed by atoms with van der Waals surface area (Å²) in [5, 5.41) is 5.70. The fourth-order valence-electron chi connectivity index (χ4n) is 2.26. The van der Waals surface area contributed by atoms with E-state index < -0.39 is 0 Å². The number of urea groups is 1. The maximum absolute atomic E-state index is 12.0. The predicted molar refractivity (Wildman–Crippen MR) is 99.2 cm³/mol. The van der Waals surface area contributed by atoms with Gasteiger partial charge in [0.25, 0.3) is 0 Å². The quantitative estimate of drug-likeness (QED) is 0.776. The molecule has 2 N–H and O–H groups in total. The number of nitrogens with one attached hydrogen (secondary N) is 2. The minimum Gasteiger partial charge on any atom is -0.497 e. The van der Waals surface area contributed by atoms with Crippen molar-refractivity contribution in [3.63, 3.8) is 0 Å². The van der Waals surface area contributed by atoms with Gasteiger partial charge in [0.2, 0.25) is 0 Å². The second-order valence-corrected chi connectivity index (χ2v) is 6.13. The van der Waals surface area contributed by atoms with Crippen molar-refractivity contribution in [2.24, 2.45) is 0 Å². The Morgan fingerprint density at radius 2 is 1.92 bits per heavy atom. The van der Waals surface area contributed by atoms with Crippen molar-refractivity contribution in [2.75, 3.05) is 26.1 Å². The van der Waals surface area contributed by atoms with Crippen LogP contribution in [0.1, 0.15) is 11.1 Å². The van der Waals surface area contributed by atoms with Gasteiger partial charge in [-0.15, -0.1) is 0 Å². The normalized spacial score (nSPS) is 10.2. The van der Waals surface area contributed by atoms with Gasteiger partial charge >= 0.3 is 6.03 Å². The average molecular weight is 393 g/mol. The molecule has 2 amide bonds. The number of hydrogen-bond donors (Lipinski definition) is 2. The number of ether oxygens (including phenoxy) is 2. The Morgan fingerprint density at radius 3 is 2.54 bits per heavy atom. The summed E-state index contributed by atoms with van der Waals surface area (Å²) in [6.45, 7) is 2.47. The molecule has 0 aromatic heterocycles. The largest absolute Gasteiger partial charge is 0.497 e. The van der Waals surface area contributed by atoms with Crippen molar-refractivity contribution in [1.82, 2.24) is 5.32 Å². The second kappa shape index (κ2) is 8.59. The molecule has 0 fully saturated rings. The average Bonchev–Trinajstić information content (AvgIpc) is 2.57. The van der Waals surface area contributed by atoms with Crippen LogP contribution >= 0.6 is 15.9 Å². The highest BCUT2D eigenvalue weighted by Gasteiger charge is 2.06. The molecule has 24 heavy (non-hydrogen) atoms. The maximum Gasteiger partial charge on any atom is 0.319 e. The first-order chi connectivity index (χ1) is 11.5. The number of amides is 2. The lowest BCUT2D eigenvalue weighted by molar-refractivity contribution is 0.252. The van der Waals surface area contributed by atoms with E-state index >= 15 is 0 Å². The Hall–Kier alpha value is -2.21. The summed E-state index contributed by atoms with van der Waals surface area (Å²) in [6.07, 6.45) is 0.734. The van der Waals surface area contributed by atoms with Gasteiger partial charge in [0, 0.05) is 12.2 Å². The van der Waals surface area contributed by atoms with Gasteiger partial charge in [-0.1, -0.05) is 6.07 Å². The van der Waals surface area contributed by atoms with Crippen LogP contribution < -0.4 is 20.1 Å². The van der Waals surface area contributed by atoms with E-state index in [1.807, 2.05) is 43.3 Å². The first-order valence-corrected chi connectivity index (χ1v) is 8.34. The molecule has 0 spiro atoms. The van der Waals surface area contributed by atoms with Crippen LogP contribution in [-0.2, 0) is 6.42 Å². The number of benzene rings is 2. The molecule has 0 radical (unpaired) electrons. The summed E-state index contributed by atoms with van der Waals surface area (Å²) in [5.74, 6) is 1.56. The summed E-state index contributed by atoms with van der Waals surface area (Å²) in [7, 11) is 3.25. The zero-order chi connectivity index (χ0) is 17.5. The maximum atomic E-state index is 12.0. The monoisotopic (exact) mass is 392 g/mol. The van der Waals surface area contributed by atoms with E-state index in [1.54, 1.807) is 14.2 Å². The highest BCUT2D eigenvalue weighted by molar-refractivity contribution is 9.10. The summed E-state index contributed by atoms with van der Waals surface area (Å²) in [6, 6.07) is 11.2. The summed E-state index contributed by atoms with van der Waals surface area (Å²) >= 11 is 3.46. The molecule has 2 rings (SSSR count). The molecule has 0 aliphatic heterocycles. The van der Waals surface area contributed by atoms with Crippen LogP contribution in [0.4, 0.5) is 10.5 Å². The van der Waals surface area contributed by atoms with Crippen molar-refractivity contribution in [3.8, 4) is 11.5 Å². The minimum atomic E-state index is -0.226. The molecule has 0 bridgehead atoms. The Labute approximate surface area is 150 Å². The number of anilines is 1. The van der Waals surface area contributed by atoms with Crippen molar-refractivity contribution in [3.05, 3.63) is 52.0 Å². The molecule has 0 saturated carbocycles. The molecule has 0 aliphatic carbocycles.